The van der Waals surface area contributed by atoms with Gasteiger partial charge in [-0.3, -0.25) is 14.0 Å². The quantitative estimate of drug-likeness (QED) is 0.567. The zero-order chi connectivity index (χ0) is 15.5. The molecule has 0 aromatic carbocycles. The molecule has 0 aliphatic rings. The van der Waals surface area contributed by atoms with E-state index < -0.39 is 0 Å². The van der Waals surface area contributed by atoms with Crippen LogP contribution in [0.2, 0.25) is 0 Å². The minimum Gasteiger partial charge on any atom is -0.347 e. The number of amides is 1. The third-order valence-corrected chi connectivity index (χ3v) is 5.44. The first-order chi connectivity index (χ1) is 10.7. The summed E-state index contributed by atoms with van der Waals surface area (Å²) in [7, 11) is 0. The van der Waals surface area contributed by atoms with Crippen molar-refractivity contribution in [2.45, 2.75) is 18.5 Å². The van der Waals surface area contributed by atoms with Gasteiger partial charge in [-0.15, -0.1) is 34.4 Å². The average molecular weight is 351 g/mol. The Morgan fingerprint density at radius 1 is 1.41 bits per heavy atom. The first kappa shape index (κ1) is 15.3. The largest absolute Gasteiger partial charge is 0.347 e. The molecule has 0 radical (unpaired) electrons. The van der Waals surface area contributed by atoms with Gasteiger partial charge < -0.3 is 5.32 Å². The first-order valence-electron chi connectivity index (χ1n) is 6.64. The summed E-state index contributed by atoms with van der Waals surface area (Å²) in [6.07, 6.45) is 1.64. The summed E-state index contributed by atoms with van der Waals surface area (Å²) in [6, 6.07) is 3.87. The molecule has 114 valence electrons. The molecular weight excluding hydrogens is 338 g/mol. The Kier molecular flexibility index (Phi) is 4.60. The average Bonchev–Trinajstić information content (AvgIpc) is 3.16. The van der Waals surface area contributed by atoms with E-state index in [9.17, 15) is 9.59 Å². The molecule has 0 saturated carbocycles. The van der Waals surface area contributed by atoms with Crippen LogP contribution in [0.4, 0.5) is 0 Å². The molecule has 5 nitrogen and oxygen atoms in total. The SMILES string of the molecule is CCSc1nc2sccn2c(=O)c1C(=O)NCc1cccs1. The van der Waals surface area contributed by atoms with E-state index in [1.165, 1.54) is 27.5 Å². The standard InChI is InChI=1S/C14H13N3O2S3/c1-2-20-12-10(11(18)15-8-9-4-3-6-21-9)13(19)17-5-7-22-14(17)16-12/h3-7H,2,8H2,1H3,(H,15,18). The van der Waals surface area contributed by atoms with Crippen LogP contribution in [0.3, 0.4) is 0 Å². The summed E-state index contributed by atoms with van der Waals surface area (Å²) in [5.74, 6) is 0.376. The number of thioether (sulfide) groups is 1. The van der Waals surface area contributed by atoms with Crippen LogP contribution in [0.1, 0.15) is 22.2 Å². The molecule has 0 saturated heterocycles. The van der Waals surface area contributed by atoms with Gasteiger partial charge >= 0.3 is 0 Å². The lowest BCUT2D eigenvalue weighted by molar-refractivity contribution is 0.0946. The number of aromatic nitrogens is 2. The predicted octanol–water partition coefficient (Wildman–Crippen LogP) is 2.86. The predicted molar refractivity (Wildman–Crippen MR) is 91.2 cm³/mol. The van der Waals surface area contributed by atoms with Gasteiger partial charge in [0.1, 0.15) is 10.6 Å². The molecule has 8 heteroatoms. The van der Waals surface area contributed by atoms with Crippen LogP contribution in [-0.2, 0) is 6.54 Å². The molecule has 0 unspecified atom stereocenters. The molecular formula is C14H13N3O2S3. The van der Waals surface area contributed by atoms with Gasteiger partial charge in [-0.25, -0.2) is 4.98 Å². The van der Waals surface area contributed by atoms with Gasteiger partial charge in [-0.05, 0) is 17.2 Å². The van der Waals surface area contributed by atoms with E-state index in [0.717, 1.165) is 10.6 Å². The van der Waals surface area contributed by atoms with Crippen LogP contribution in [-0.4, -0.2) is 21.0 Å². The third-order valence-electron chi connectivity index (χ3n) is 2.94. The number of thiophene rings is 1. The van der Waals surface area contributed by atoms with E-state index in [4.69, 9.17) is 0 Å². The lowest BCUT2D eigenvalue weighted by atomic mass is 10.3. The topological polar surface area (TPSA) is 63.5 Å². The molecule has 3 aromatic rings. The van der Waals surface area contributed by atoms with E-state index in [-0.39, 0.29) is 17.0 Å². The summed E-state index contributed by atoms with van der Waals surface area (Å²) in [4.78, 5) is 31.1. The number of fused-ring (bicyclic) bond motifs is 1. The Labute approximate surface area is 139 Å². The summed E-state index contributed by atoms with van der Waals surface area (Å²) >= 11 is 4.36. The van der Waals surface area contributed by atoms with Gasteiger partial charge in [-0.1, -0.05) is 13.0 Å². The van der Waals surface area contributed by atoms with E-state index in [1.54, 1.807) is 22.9 Å². The number of nitrogens with zero attached hydrogens (tertiary/aromatic N) is 2. The maximum absolute atomic E-state index is 12.5. The van der Waals surface area contributed by atoms with Crippen molar-refractivity contribution in [1.29, 1.82) is 0 Å². The van der Waals surface area contributed by atoms with Crippen LogP contribution >= 0.6 is 34.4 Å². The molecule has 0 atom stereocenters. The van der Waals surface area contributed by atoms with Crippen LogP contribution in [0.5, 0.6) is 0 Å². The van der Waals surface area contributed by atoms with Crippen LogP contribution in [0, 0.1) is 0 Å². The molecule has 22 heavy (non-hydrogen) atoms. The van der Waals surface area contributed by atoms with Crippen LogP contribution in [0.15, 0.2) is 38.9 Å². The molecule has 0 bridgehead atoms. The zero-order valence-corrected chi connectivity index (χ0v) is 14.2. The molecule has 0 fully saturated rings. The Balaban J connectivity index is 1.96. The lowest BCUT2D eigenvalue weighted by Gasteiger charge is -2.08. The van der Waals surface area contributed by atoms with E-state index >= 15 is 0 Å². The van der Waals surface area contributed by atoms with Crippen molar-refractivity contribution in [3.63, 3.8) is 0 Å². The second-order valence-electron chi connectivity index (χ2n) is 4.35. The molecule has 0 aliphatic carbocycles. The van der Waals surface area contributed by atoms with Crippen molar-refractivity contribution in [1.82, 2.24) is 14.7 Å². The van der Waals surface area contributed by atoms with Gasteiger partial charge in [0.2, 0.25) is 0 Å². The minimum atomic E-state index is -0.373. The summed E-state index contributed by atoms with van der Waals surface area (Å²) < 4.78 is 1.42. The Bertz CT molecular complexity index is 852. The lowest BCUT2D eigenvalue weighted by Crippen LogP contribution is -2.32. The van der Waals surface area contributed by atoms with E-state index in [1.807, 2.05) is 24.4 Å². The van der Waals surface area contributed by atoms with Crippen molar-refractivity contribution < 1.29 is 4.79 Å². The Hall–Kier alpha value is -1.64. The number of carbonyl (C=O) groups excluding carboxylic acids is 1. The van der Waals surface area contributed by atoms with Crippen molar-refractivity contribution in [3.8, 4) is 0 Å². The maximum Gasteiger partial charge on any atom is 0.272 e. The van der Waals surface area contributed by atoms with Crippen molar-refractivity contribution >= 4 is 45.3 Å². The van der Waals surface area contributed by atoms with Gasteiger partial charge in [0, 0.05) is 16.5 Å². The minimum absolute atomic E-state index is 0.124. The first-order valence-corrected chi connectivity index (χ1v) is 9.38. The number of thiazole rings is 1. The highest BCUT2D eigenvalue weighted by atomic mass is 32.2. The van der Waals surface area contributed by atoms with Crippen LogP contribution < -0.4 is 10.9 Å². The Morgan fingerprint density at radius 3 is 3.00 bits per heavy atom. The summed E-state index contributed by atoms with van der Waals surface area (Å²) in [5, 5.41) is 7.05. The molecule has 3 heterocycles. The molecule has 0 spiro atoms. The highest BCUT2D eigenvalue weighted by Gasteiger charge is 2.20. The highest BCUT2D eigenvalue weighted by molar-refractivity contribution is 7.99. The number of carbonyl (C=O) groups is 1. The van der Waals surface area contributed by atoms with Crippen molar-refractivity contribution in [2.75, 3.05) is 5.75 Å². The summed E-state index contributed by atoms with van der Waals surface area (Å²) in [6.45, 7) is 2.38. The molecule has 3 aromatic heterocycles. The fourth-order valence-corrected chi connectivity index (χ4v) is 4.12. The summed E-state index contributed by atoms with van der Waals surface area (Å²) in [5.41, 5.74) is -0.190. The number of nitrogens with one attached hydrogen (secondary N) is 1. The smallest absolute Gasteiger partial charge is 0.272 e. The molecule has 0 aliphatic heterocycles. The van der Waals surface area contributed by atoms with Gasteiger partial charge in [0.15, 0.2) is 4.96 Å². The van der Waals surface area contributed by atoms with Crippen LogP contribution in [0.25, 0.3) is 4.96 Å². The number of hydrogen-bond acceptors (Lipinski definition) is 6. The molecule has 1 N–H and O–H groups in total. The normalized spacial score (nSPS) is 11.0. The monoisotopic (exact) mass is 351 g/mol. The molecule has 3 rings (SSSR count). The van der Waals surface area contributed by atoms with Crippen molar-refractivity contribution in [2.24, 2.45) is 0 Å². The second-order valence-corrected chi connectivity index (χ2v) is 7.51. The van der Waals surface area contributed by atoms with E-state index in [2.05, 4.69) is 10.3 Å². The van der Waals surface area contributed by atoms with Gasteiger partial charge in [-0.2, -0.15) is 0 Å². The second kappa shape index (κ2) is 6.64. The zero-order valence-electron chi connectivity index (χ0n) is 11.7. The maximum atomic E-state index is 12.5. The third kappa shape index (κ3) is 2.94. The fraction of sp³-hybridized carbons (Fsp3) is 0.214. The van der Waals surface area contributed by atoms with Crippen molar-refractivity contribution in [3.05, 3.63) is 49.9 Å². The van der Waals surface area contributed by atoms with E-state index in [0.29, 0.717) is 16.5 Å². The Morgan fingerprint density at radius 2 is 2.27 bits per heavy atom. The van der Waals surface area contributed by atoms with Gasteiger partial charge in [0.05, 0.1) is 6.54 Å². The fourth-order valence-electron chi connectivity index (χ4n) is 1.97. The number of rotatable bonds is 5. The highest BCUT2D eigenvalue weighted by Crippen LogP contribution is 2.20. The van der Waals surface area contributed by atoms with Gasteiger partial charge in [0.25, 0.3) is 11.5 Å². The number of hydrogen-bond donors (Lipinski definition) is 1. The molecule has 1 amide bonds.